The highest BCUT2D eigenvalue weighted by Crippen LogP contribution is 2.44. The van der Waals surface area contributed by atoms with E-state index in [-0.39, 0.29) is 6.29 Å². The number of hydrogen-bond donors (Lipinski definition) is 5. The zero-order chi connectivity index (χ0) is 17.9. The molecule has 0 bridgehead atoms. The van der Waals surface area contributed by atoms with Crippen LogP contribution >= 0.6 is 0 Å². The predicted molar refractivity (Wildman–Crippen MR) is 103 cm³/mol. The van der Waals surface area contributed by atoms with Crippen LogP contribution in [0, 0.1) is 0 Å². The lowest BCUT2D eigenvalue weighted by Crippen LogP contribution is -2.63. The van der Waals surface area contributed by atoms with Crippen LogP contribution in [0.3, 0.4) is 0 Å². The molecule has 144 valence electrons. The SMILES string of the molecule is CNC1CC(C)NC(Nc2cc3c(c(C4CCCNCC4)c2)OCO3)N1. The van der Waals surface area contributed by atoms with Gasteiger partial charge >= 0.3 is 0 Å². The van der Waals surface area contributed by atoms with E-state index in [0.717, 1.165) is 43.1 Å². The summed E-state index contributed by atoms with van der Waals surface area (Å²) in [5.41, 5.74) is 2.34. The third-order valence-electron chi connectivity index (χ3n) is 5.58. The zero-order valence-electron chi connectivity index (χ0n) is 15.7. The summed E-state index contributed by atoms with van der Waals surface area (Å²) in [6.07, 6.45) is 4.88. The van der Waals surface area contributed by atoms with E-state index in [4.69, 9.17) is 9.47 Å². The molecule has 3 heterocycles. The fourth-order valence-corrected chi connectivity index (χ4v) is 4.23. The second-order valence-electron chi connectivity index (χ2n) is 7.57. The van der Waals surface area contributed by atoms with Crippen LogP contribution in [0.25, 0.3) is 0 Å². The zero-order valence-corrected chi connectivity index (χ0v) is 15.7. The Kier molecular flexibility index (Phi) is 5.49. The van der Waals surface area contributed by atoms with Gasteiger partial charge in [-0.3, -0.25) is 10.6 Å². The van der Waals surface area contributed by atoms with E-state index in [1.54, 1.807) is 0 Å². The van der Waals surface area contributed by atoms with E-state index in [0.29, 0.717) is 24.9 Å². The van der Waals surface area contributed by atoms with Gasteiger partial charge in [0.2, 0.25) is 6.79 Å². The van der Waals surface area contributed by atoms with Gasteiger partial charge in [0.15, 0.2) is 11.5 Å². The normalized spacial score (nSPS) is 31.5. The van der Waals surface area contributed by atoms with Crippen molar-refractivity contribution in [2.24, 2.45) is 0 Å². The number of nitrogens with one attached hydrogen (secondary N) is 5. The Balaban J connectivity index is 1.56. The van der Waals surface area contributed by atoms with Gasteiger partial charge in [0, 0.05) is 23.4 Å². The number of ether oxygens (including phenoxy) is 2. The minimum Gasteiger partial charge on any atom is -0.454 e. The van der Waals surface area contributed by atoms with Gasteiger partial charge in [0.25, 0.3) is 0 Å². The molecule has 2 fully saturated rings. The van der Waals surface area contributed by atoms with Gasteiger partial charge in [0.1, 0.15) is 6.29 Å². The molecule has 3 aliphatic heterocycles. The van der Waals surface area contributed by atoms with E-state index >= 15 is 0 Å². The second kappa shape index (κ2) is 8.00. The molecule has 0 aromatic heterocycles. The summed E-state index contributed by atoms with van der Waals surface area (Å²) in [5, 5.41) is 17.5. The van der Waals surface area contributed by atoms with E-state index < -0.39 is 0 Å². The van der Waals surface area contributed by atoms with Crippen molar-refractivity contribution in [1.29, 1.82) is 0 Å². The summed E-state index contributed by atoms with van der Waals surface area (Å²) in [4.78, 5) is 0. The molecule has 4 atom stereocenters. The van der Waals surface area contributed by atoms with Crippen molar-refractivity contribution < 1.29 is 9.47 Å². The maximum Gasteiger partial charge on any atom is 0.231 e. The fourth-order valence-electron chi connectivity index (χ4n) is 4.23. The van der Waals surface area contributed by atoms with Crippen LogP contribution < -0.4 is 36.1 Å². The summed E-state index contributed by atoms with van der Waals surface area (Å²) < 4.78 is 11.5. The molecule has 4 unspecified atom stereocenters. The monoisotopic (exact) mass is 361 g/mol. The molecule has 5 N–H and O–H groups in total. The average molecular weight is 361 g/mol. The molecule has 7 nitrogen and oxygen atoms in total. The van der Waals surface area contributed by atoms with Crippen molar-refractivity contribution in [1.82, 2.24) is 21.3 Å². The number of fused-ring (bicyclic) bond motifs is 1. The van der Waals surface area contributed by atoms with Crippen LogP contribution in [0.2, 0.25) is 0 Å². The quantitative estimate of drug-likeness (QED) is 0.556. The molecule has 0 amide bonds. The van der Waals surface area contributed by atoms with E-state index in [1.165, 1.54) is 18.4 Å². The first-order valence-electron chi connectivity index (χ1n) is 9.83. The molecule has 3 aliphatic rings. The molecular formula is C19H31N5O2. The highest BCUT2D eigenvalue weighted by atomic mass is 16.7. The summed E-state index contributed by atoms with van der Waals surface area (Å²) in [6.45, 7) is 4.69. The third kappa shape index (κ3) is 3.91. The third-order valence-corrected chi connectivity index (χ3v) is 5.58. The Labute approximate surface area is 155 Å². The Morgan fingerprint density at radius 3 is 2.92 bits per heavy atom. The molecule has 7 heteroatoms. The first-order valence-corrected chi connectivity index (χ1v) is 9.83. The molecule has 0 saturated carbocycles. The van der Waals surface area contributed by atoms with Gasteiger partial charge in [-0.2, -0.15) is 0 Å². The molecule has 0 radical (unpaired) electrons. The molecule has 1 aromatic carbocycles. The minimum absolute atomic E-state index is 0.0141. The average Bonchev–Trinajstić information content (AvgIpc) is 2.93. The fraction of sp³-hybridized carbons (Fsp3) is 0.684. The number of hydrogen-bond acceptors (Lipinski definition) is 7. The van der Waals surface area contributed by atoms with Crippen LogP contribution in [0.4, 0.5) is 5.69 Å². The highest BCUT2D eigenvalue weighted by Gasteiger charge is 2.28. The topological polar surface area (TPSA) is 78.6 Å². The second-order valence-corrected chi connectivity index (χ2v) is 7.57. The lowest BCUT2D eigenvalue weighted by atomic mass is 9.90. The minimum atomic E-state index is 0.0141. The van der Waals surface area contributed by atoms with Crippen molar-refractivity contribution in [2.75, 3.05) is 32.2 Å². The summed E-state index contributed by atoms with van der Waals surface area (Å²) in [7, 11) is 1.99. The summed E-state index contributed by atoms with van der Waals surface area (Å²) in [5.74, 6) is 2.31. The lowest BCUT2D eigenvalue weighted by molar-refractivity contribution is 0.173. The van der Waals surface area contributed by atoms with E-state index in [9.17, 15) is 0 Å². The van der Waals surface area contributed by atoms with Crippen LogP contribution in [0.15, 0.2) is 12.1 Å². The van der Waals surface area contributed by atoms with Crippen molar-refractivity contribution in [3.63, 3.8) is 0 Å². The summed E-state index contributed by atoms with van der Waals surface area (Å²) >= 11 is 0. The smallest absolute Gasteiger partial charge is 0.231 e. The number of rotatable bonds is 4. The Morgan fingerprint density at radius 1 is 1.12 bits per heavy atom. The van der Waals surface area contributed by atoms with Crippen LogP contribution in [0.5, 0.6) is 11.5 Å². The van der Waals surface area contributed by atoms with Crippen LogP contribution in [-0.4, -0.2) is 45.4 Å². The summed E-state index contributed by atoms with van der Waals surface area (Å²) in [6, 6.07) is 4.74. The molecule has 0 aliphatic carbocycles. The Morgan fingerprint density at radius 2 is 2.04 bits per heavy atom. The maximum atomic E-state index is 5.81. The van der Waals surface area contributed by atoms with Gasteiger partial charge in [-0.05, 0) is 64.7 Å². The lowest BCUT2D eigenvalue weighted by Gasteiger charge is -2.37. The predicted octanol–water partition coefficient (Wildman–Crippen LogP) is 1.48. The van der Waals surface area contributed by atoms with Crippen LogP contribution in [0.1, 0.15) is 44.1 Å². The molecule has 2 saturated heterocycles. The van der Waals surface area contributed by atoms with Crippen molar-refractivity contribution in [2.45, 2.75) is 57.0 Å². The van der Waals surface area contributed by atoms with Gasteiger partial charge in [0.05, 0.1) is 6.17 Å². The first kappa shape index (κ1) is 17.9. The standard InChI is InChI=1S/C19H31N5O2/c1-12-8-17(20-2)24-19(22-12)23-14-9-15(13-4-3-6-21-7-5-13)18-16(10-14)25-11-26-18/h9-10,12-13,17,19-24H,3-8,11H2,1-2H3. The Hall–Kier alpha value is -1.54. The number of benzene rings is 1. The molecular weight excluding hydrogens is 330 g/mol. The van der Waals surface area contributed by atoms with Gasteiger partial charge in [-0.1, -0.05) is 0 Å². The maximum absolute atomic E-state index is 5.81. The van der Waals surface area contributed by atoms with E-state index in [2.05, 4.69) is 45.6 Å². The molecule has 26 heavy (non-hydrogen) atoms. The van der Waals surface area contributed by atoms with Gasteiger partial charge < -0.3 is 25.4 Å². The largest absolute Gasteiger partial charge is 0.454 e. The van der Waals surface area contributed by atoms with Gasteiger partial charge in [-0.25, -0.2) is 0 Å². The van der Waals surface area contributed by atoms with Crippen molar-refractivity contribution in [3.05, 3.63) is 17.7 Å². The molecule has 0 spiro atoms. The number of anilines is 1. The highest BCUT2D eigenvalue weighted by molar-refractivity contribution is 5.61. The van der Waals surface area contributed by atoms with Crippen LogP contribution in [-0.2, 0) is 0 Å². The Bertz CT molecular complexity index is 618. The molecule has 1 aromatic rings. The van der Waals surface area contributed by atoms with Gasteiger partial charge in [-0.15, -0.1) is 0 Å². The molecule has 4 rings (SSSR count). The first-order chi connectivity index (χ1) is 12.7. The van der Waals surface area contributed by atoms with Crippen molar-refractivity contribution in [3.8, 4) is 11.5 Å². The van der Waals surface area contributed by atoms with Crippen molar-refractivity contribution >= 4 is 5.69 Å². The van der Waals surface area contributed by atoms with E-state index in [1.807, 2.05) is 7.05 Å².